The van der Waals surface area contributed by atoms with Crippen LogP contribution in [0.2, 0.25) is 0 Å². The normalized spacial score (nSPS) is 30.8. The number of ether oxygens (including phenoxy) is 1. The second-order valence-electron chi connectivity index (χ2n) is 7.95. The van der Waals surface area contributed by atoms with E-state index in [0.29, 0.717) is 17.6 Å². The Hall–Kier alpha value is -1.39. The van der Waals surface area contributed by atoms with Gasteiger partial charge in [-0.15, -0.1) is 0 Å². The quantitative estimate of drug-likeness (QED) is 0.939. The minimum absolute atomic E-state index is 0.452. The molecule has 4 nitrogen and oxygen atoms in total. The number of aromatic nitrogens is 2. The van der Waals surface area contributed by atoms with E-state index in [1.807, 2.05) is 11.7 Å². The van der Waals surface area contributed by atoms with Crippen molar-refractivity contribution in [1.29, 1.82) is 0 Å². The number of benzene rings is 1. The van der Waals surface area contributed by atoms with E-state index >= 15 is 0 Å². The van der Waals surface area contributed by atoms with Crippen LogP contribution in [-0.4, -0.2) is 35.1 Å². The zero-order chi connectivity index (χ0) is 16.1. The fraction of sp³-hybridized carbons (Fsp3) is 0.650. The molecule has 1 saturated heterocycles. The van der Waals surface area contributed by atoms with Crippen LogP contribution in [0.4, 0.5) is 0 Å². The fourth-order valence-electron chi connectivity index (χ4n) is 5.83. The molecule has 3 aliphatic rings. The molecule has 2 aromatic rings. The van der Waals surface area contributed by atoms with Gasteiger partial charge in [-0.3, -0.25) is 4.68 Å². The number of rotatable bonds is 4. The average Bonchev–Trinajstić information content (AvgIpc) is 3.31. The lowest BCUT2D eigenvalue weighted by Gasteiger charge is -2.57. The number of nitrogens with one attached hydrogen (secondary N) is 1. The Kier molecular flexibility index (Phi) is 3.46. The summed E-state index contributed by atoms with van der Waals surface area (Å²) >= 11 is 0. The molecule has 0 bridgehead atoms. The largest absolute Gasteiger partial charge is 0.377 e. The van der Waals surface area contributed by atoms with E-state index in [1.165, 1.54) is 48.7 Å². The molecule has 0 radical (unpaired) electrons. The molecule has 0 amide bonds. The van der Waals surface area contributed by atoms with Gasteiger partial charge < -0.3 is 10.1 Å². The lowest BCUT2D eigenvalue weighted by molar-refractivity contribution is -0.130. The summed E-state index contributed by atoms with van der Waals surface area (Å²) < 4.78 is 8.10. The maximum Gasteiger partial charge on any atom is 0.0715 e. The summed E-state index contributed by atoms with van der Waals surface area (Å²) in [5.41, 5.74) is 2.90. The third-order valence-electron chi connectivity index (χ3n) is 6.85. The van der Waals surface area contributed by atoms with E-state index < -0.39 is 0 Å². The number of fused-ring (bicyclic) bond motifs is 3. The van der Waals surface area contributed by atoms with E-state index in [0.717, 1.165) is 25.5 Å². The van der Waals surface area contributed by atoms with Crippen LogP contribution in [0.15, 0.2) is 24.3 Å². The van der Waals surface area contributed by atoms with Crippen molar-refractivity contribution in [2.24, 2.45) is 18.4 Å². The van der Waals surface area contributed by atoms with Crippen molar-refractivity contribution in [1.82, 2.24) is 15.1 Å². The van der Waals surface area contributed by atoms with Crippen molar-refractivity contribution >= 4 is 10.9 Å². The monoisotopic (exact) mass is 325 g/mol. The van der Waals surface area contributed by atoms with E-state index in [4.69, 9.17) is 9.84 Å². The molecule has 1 aromatic heterocycles. The number of aryl methyl sites for hydroxylation is 1. The first kappa shape index (κ1) is 14.9. The van der Waals surface area contributed by atoms with Crippen LogP contribution in [0.1, 0.15) is 37.8 Å². The highest BCUT2D eigenvalue weighted by atomic mass is 16.5. The standard InChI is InChI=1S/C20H27N3O/c1-23-17-7-3-2-6-14(17)16(22-23)8-12-21-18-15-9-13-24-19(15)20(18)10-4-5-11-20/h2-3,6-7,15,18-19,21H,4-5,8-13H2,1H3/t15-,18+,19-/m1/s1. The van der Waals surface area contributed by atoms with E-state index in [9.17, 15) is 0 Å². The summed E-state index contributed by atoms with van der Waals surface area (Å²) in [6.45, 7) is 2.00. The van der Waals surface area contributed by atoms with Gasteiger partial charge in [0.1, 0.15) is 0 Å². The zero-order valence-electron chi connectivity index (χ0n) is 14.5. The van der Waals surface area contributed by atoms with Gasteiger partial charge in [-0.25, -0.2) is 0 Å². The molecule has 1 aromatic carbocycles. The Labute approximate surface area is 143 Å². The summed E-state index contributed by atoms with van der Waals surface area (Å²) in [5, 5.41) is 9.95. The minimum Gasteiger partial charge on any atom is -0.377 e. The summed E-state index contributed by atoms with van der Waals surface area (Å²) in [5.74, 6) is 0.753. The summed E-state index contributed by atoms with van der Waals surface area (Å²) in [6.07, 6.45) is 8.29. The summed E-state index contributed by atoms with van der Waals surface area (Å²) in [4.78, 5) is 0. The minimum atomic E-state index is 0.452. The summed E-state index contributed by atoms with van der Waals surface area (Å²) in [7, 11) is 2.04. The molecule has 4 heteroatoms. The third kappa shape index (κ3) is 2.02. The van der Waals surface area contributed by atoms with Crippen LogP contribution in [0.5, 0.6) is 0 Å². The predicted octanol–water partition coefficient (Wildman–Crippen LogP) is 3.05. The maximum absolute atomic E-state index is 6.09. The van der Waals surface area contributed by atoms with Crippen LogP contribution in [0.25, 0.3) is 10.9 Å². The molecule has 1 spiro atoms. The Morgan fingerprint density at radius 2 is 2.12 bits per heavy atom. The van der Waals surface area contributed by atoms with Gasteiger partial charge in [0.05, 0.1) is 17.3 Å². The Morgan fingerprint density at radius 3 is 3.00 bits per heavy atom. The van der Waals surface area contributed by atoms with Gasteiger partial charge >= 0.3 is 0 Å². The van der Waals surface area contributed by atoms with E-state index in [1.54, 1.807) is 0 Å². The SMILES string of the molecule is Cn1nc(CCN[C@H]2[C@H]3CCO[C@H]3C23CCCC3)c2ccccc21. The van der Waals surface area contributed by atoms with Crippen LogP contribution < -0.4 is 5.32 Å². The molecule has 3 atom stereocenters. The molecule has 0 unspecified atom stereocenters. The first-order chi connectivity index (χ1) is 11.8. The molecule has 128 valence electrons. The predicted molar refractivity (Wildman–Crippen MR) is 95.0 cm³/mol. The molecule has 2 aliphatic carbocycles. The lowest BCUT2D eigenvalue weighted by atomic mass is 9.54. The Bertz CT molecular complexity index is 746. The van der Waals surface area contributed by atoms with Crippen molar-refractivity contribution in [3.05, 3.63) is 30.0 Å². The van der Waals surface area contributed by atoms with Crippen molar-refractivity contribution in [3.63, 3.8) is 0 Å². The highest BCUT2D eigenvalue weighted by molar-refractivity contribution is 5.81. The van der Waals surface area contributed by atoms with Crippen molar-refractivity contribution in [2.45, 2.75) is 50.7 Å². The van der Waals surface area contributed by atoms with Gasteiger partial charge in [-0.05, 0) is 25.3 Å². The van der Waals surface area contributed by atoms with Crippen LogP contribution in [-0.2, 0) is 18.2 Å². The summed E-state index contributed by atoms with van der Waals surface area (Å²) in [6, 6.07) is 9.22. The molecular weight excluding hydrogens is 298 g/mol. The van der Waals surface area contributed by atoms with Crippen LogP contribution in [0.3, 0.4) is 0 Å². The van der Waals surface area contributed by atoms with Gasteiger partial charge in [-0.2, -0.15) is 5.10 Å². The van der Waals surface area contributed by atoms with Crippen LogP contribution in [0, 0.1) is 11.3 Å². The van der Waals surface area contributed by atoms with Crippen molar-refractivity contribution in [3.8, 4) is 0 Å². The Balaban J connectivity index is 1.29. The van der Waals surface area contributed by atoms with Gasteiger partial charge in [0.25, 0.3) is 0 Å². The highest BCUT2D eigenvalue weighted by Gasteiger charge is 2.64. The first-order valence-corrected chi connectivity index (χ1v) is 9.55. The van der Waals surface area contributed by atoms with Crippen molar-refractivity contribution in [2.75, 3.05) is 13.2 Å². The second kappa shape index (κ2) is 5.57. The molecule has 24 heavy (non-hydrogen) atoms. The number of hydrogen-bond donors (Lipinski definition) is 1. The lowest BCUT2D eigenvalue weighted by Crippen LogP contribution is -2.67. The number of para-hydroxylation sites is 1. The highest BCUT2D eigenvalue weighted by Crippen LogP contribution is 2.60. The molecule has 5 rings (SSSR count). The van der Waals surface area contributed by atoms with E-state index in [2.05, 4.69) is 29.6 Å². The van der Waals surface area contributed by atoms with E-state index in [-0.39, 0.29) is 0 Å². The smallest absolute Gasteiger partial charge is 0.0715 e. The molecule has 2 saturated carbocycles. The maximum atomic E-state index is 6.09. The molecule has 1 N–H and O–H groups in total. The Morgan fingerprint density at radius 1 is 1.29 bits per heavy atom. The van der Waals surface area contributed by atoms with Crippen molar-refractivity contribution < 1.29 is 4.74 Å². The molecule has 1 aliphatic heterocycles. The first-order valence-electron chi connectivity index (χ1n) is 9.55. The van der Waals surface area contributed by atoms with Gasteiger partial charge in [0.2, 0.25) is 0 Å². The molecular formula is C20H27N3O. The fourth-order valence-corrected chi connectivity index (χ4v) is 5.83. The third-order valence-corrected chi connectivity index (χ3v) is 6.85. The molecule has 2 heterocycles. The number of hydrogen-bond acceptors (Lipinski definition) is 3. The second-order valence-corrected chi connectivity index (χ2v) is 7.95. The van der Waals surface area contributed by atoms with Crippen LogP contribution >= 0.6 is 0 Å². The topological polar surface area (TPSA) is 39.1 Å². The average molecular weight is 325 g/mol. The van der Waals surface area contributed by atoms with Gasteiger partial charge in [0.15, 0.2) is 0 Å². The molecule has 3 fully saturated rings. The van der Waals surface area contributed by atoms with Gasteiger partial charge in [0, 0.05) is 49.4 Å². The number of nitrogens with zero attached hydrogens (tertiary/aromatic N) is 2. The van der Waals surface area contributed by atoms with Gasteiger partial charge in [-0.1, -0.05) is 31.0 Å². The zero-order valence-corrected chi connectivity index (χ0v) is 14.5.